The standard InChI is InChI=1S/C11H14N2O4/c1-3-4-11(14)12-9-6-5-8(13(15)16)7-10(9)17-2/h5-7H,3-4H2,1-2H3,(H,12,14). The van der Waals surface area contributed by atoms with Crippen molar-refractivity contribution in [3.05, 3.63) is 28.3 Å². The van der Waals surface area contributed by atoms with Crippen LogP contribution in [-0.2, 0) is 4.79 Å². The van der Waals surface area contributed by atoms with Crippen LogP contribution in [0.2, 0.25) is 0 Å². The normalized spacial score (nSPS) is 9.76. The minimum atomic E-state index is -0.514. The number of non-ortho nitro benzene ring substituents is 1. The smallest absolute Gasteiger partial charge is 0.273 e. The summed E-state index contributed by atoms with van der Waals surface area (Å²) < 4.78 is 5.00. The van der Waals surface area contributed by atoms with Gasteiger partial charge in [-0.1, -0.05) is 6.92 Å². The number of carbonyl (C=O) groups excluding carboxylic acids is 1. The largest absolute Gasteiger partial charge is 0.494 e. The number of nitrogens with one attached hydrogen (secondary N) is 1. The zero-order valence-corrected chi connectivity index (χ0v) is 9.73. The van der Waals surface area contributed by atoms with Crippen LogP contribution in [0.3, 0.4) is 0 Å². The molecule has 0 aliphatic rings. The van der Waals surface area contributed by atoms with Crippen molar-refractivity contribution in [3.8, 4) is 5.75 Å². The minimum absolute atomic E-state index is 0.0738. The van der Waals surface area contributed by atoms with Crippen LogP contribution >= 0.6 is 0 Å². The summed E-state index contributed by atoms with van der Waals surface area (Å²) in [6, 6.07) is 4.07. The molecule has 6 heteroatoms. The van der Waals surface area contributed by atoms with Gasteiger partial charge in [-0.2, -0.15) is 0 Å². The fraction of sp³-hybridized carbons (Fsp3) is 0.364. The van der Waals surface area contributed by atoms with Crippen LogP contribution in [0.4, 0.5) is 11.4 Å². The van der Waals surface area contributed by atoms with Gasteiger partial charge in [-0.05, 0) is 12.5 Å². The Hall–Kier alpha value is -2.11. The lowest BCUT2D eigenvalue weighted by Crippen LogP contribution is -2.11. The molecule has 0 atom stereocenters. The van der Waals surface area contributed by atoms with Gasteiger partial charge in [0, 0.05) is 12.5 Å². The highest BCUT2D eigenvalue weighted by atomic mass is 16.6. The van der Waals surface area contributed by atoms with Crippen molar-refractivity contribution in [3.63, 3.8) is 0 Å². The zero-order valence-electron chi connectivity index (χ0n) is 9.73. The fourth-order valence-electron chi connectivity index (χ4n) is 1.34. The van der Waals surface area contributed by atoms with E-state index in [1.54, 1.807) is 0 Å². The summed E-state index contributed by atoms with van der Waals surface area (Å²) in [5.74, 6) is 0.142. The minimum Gasteiger partial charge on any atom is -0.494 e. The lowest BCUT2D eigenvalue weighted by Gasteiger charge is -2.09. The van der Waals surface area contributed by atoms with E-state index >= 15 is 0 Å². The molecular weight excluding hydrogens is 224 g/mol. The molecule has 0 saturated heterocycles. The number of nitro benzene ring substituents is 1. The second-order valence-electron chi connectivity index (χ2n) is 3.44. The second kappa shape index (κ2) is 5.83. The molecule has 0 aliphatic heterocycles. The molecule has 0 heterocycles. The SMILES string of the molecule is CCCC(=O)Nc1ccc([N+](=O)[O-])cc1OC. The highest BCUT2D eigenvalue weighted by Gasteiger charge is 2.12. The molecule has 1 amide bonds. The van der Waals surface area contributed by atoms with Gasteiger partial charge in [-0.15, -0.1) is 0 Å². The maximum atomic E-state index is 11.4. The van der Waals surface area contributed by atoms with Crippen LogP contribution in [0, 0.1) is 10.1 Å². The fourth-order valence-corrected chi connectivity index (χ4v) is 1.34. The number of ether oxygens (including phenoxy) is 1. The van der Waals surface area contributed by atoms with Gasteiger partial charge in [0.1, 0.15) is 5.75 Å². The molecule has 6 nitrogen and oxygen atoms in total. The molecule has 0 aliphatic carbocycles. The van der Waals surface area contributed by atoms with E-state index in [9.17, 15) is 14.9 Å². The number of hydrogen-bond acceptors (Lipinski definition) is 4. The molecule has 0 aromatic heterocycles. The van der Waals surface area contributed by atoms with Crippen LogP contribution in [0.15, 0.2) is 18.2 Å². The van der Waals surface area contributed by atoms with E-state index in [4.69, 9.17) is 4.74 Å². The second-order valence-corrected chi connectivity index (χ2v) is 3.44. The zero-order chi connectivity index (χ0) is 12.8. The third-order valence-electron chi connectivity index (χ3n) is 2.15. The van der Waals surface area contributed by atoms with E-state index in [1.807, 2.05) is 6.92 Å². The van der Waals surface area contributed by atoms with E-state index in [1.165, 1.54) is 25.3 Å². The molecule has 0 spiro atoms. The Morgan fingerprint density at radius 2 is 2.24 bits per heavy atom. The summed E-state index contributed by atoms with van der Waals surface area (Å²) in [6.45, 7) is 1.90. The van der Waals surface area contributed by atoms with Gasteiger partial charge < -0.3 is 10.1 Å². The highest BCUT2D eigenvalue weighted by Crippen LogP contribution is 2.29. The Bertz CT molecular complexity index is 431. The molecule has 0 bridgehead atoms. The Labute approximate surface area is 98.7 Å². The van der Waals surface area contributed by atoms with E-state index in [0.29, 0.717) is 12.1 Å². The first-order chi connectivity index (χ1) is 8.08. The maximum Gasteiger partial charge on any atom is 0.273 e. The molecule has 0 fully saturated rings. The number of methoxy groups -OCH3 is 1. The maximum absolute atomic E-state index is 11.4. The van der Waals surface area contributed by atoms with E-state index in [2.05, 4.69) is 5.32 Å². The van der Waals surface area contributed by atoms with E-state index in [-0.39, 0.29) is 17.3 Å². The number of anilines is 1. The average Bonchev–Trinajstić information content (AvgIpc) is 2.29. The van der Waals surface area contributed by atoms with Gasteiger partial charge in [-0.3, -0.25) is 14.9 Å². The van der Waals surface area contributed by atoms with Gasteiger partial charge in [0.2, 0.25) is 5.91 Å². The summed E-state index contributed by atoms with van der Waals surface area (Å²) in [5.41, 5.74) is 0.367. The topological polar surface area (TPSA) is 81.5 Å². The summed E-state index contributed by atoms with van der Waals surface area (Å²) in [6.07, 6.45) is 1.14. The molecule has 17 heavy (non-hydrogen) atoms. The molecule has 1 aromatic rings. The first kappa shape index (κ1) is 13.0. The lowest BCUT2D eigenvalue weighted by molar-refractivity contribution is -0.384. The Balaban J connectivity index is 2.92. The Morgan fingerprint density at radius 1 is 1.53 bits per heavy atom. The Kier molecular flexibility index (Phi) is 4.45. The lowest BCUT2D eigenvalue weighted by atomic mass is 10.2. The van der Waals surface area contributed by atoms with Crippen molar-refractivity contribution in [2.24, 2.45) is 0 Å². The first-order valence-corrected chi connectivity index (χ1v) is 5.20. The van der Waals surface area contributed by atoms with Crippen molar-refractivity contribution in [2.75, 3.05) is 12.4 Å². The monoisotopic (exact) mass is 238 g/mol. The van der Waals surface area contributed by atoms with Gasteiger partial charge in [0.15, 0.2) is 0 Å². The summed E-state index contributed by atoms with van der Waals surface area (Å²) >= 11 is 0. The molecule has 1 rings (SSSR count). The third kappa shape index (κ3) is 3.44. The van der Waals surface area contributed by atoms with Crippen LogP contribution < -0.4 is 10.1 Å². The quantitative estimate of drug-likeness (QED) is 0.630. The van der Waals surface area contributed by atoms with Gasteiger partial charge >= 0.3 is 0 Å². The molecule has 0 saturated carbocycles. The Morgan fingerprint density at radius 3 is 2.76 bits per heavy atom. The number of carbonyl (C=O) groups is 1. The predicted octanol–water partition coefficient (Wildman–Crippen LogP) is 2.34. The number of rotatable bonds is 5. The van der Waals surface area contributed by atoms with Crippen molar-refractivity contribution >= 4 is 17.3 Å². The van der Waals surface area contributed by atoms with E-state index < -0.39 is 4.92 Å². The molecule has 0 unspecified atom stereocenters. The van der Waals surface area contributed by atoms with Crippen molar-refractivity contribution in [2.45, 2.75) is 19.8 Å². The van der Waals surface area contributed by atoms with Crippen LogP contribution in [-0.4, -0.2) is 17.9 Å². The molecule has 1 aromatic carbocycles. The summed E-state index contributed by atoms with van der Waals surface area (Å²) in [4.78, 5) is 21.5. The van der Waals surface area contributed by atoms with Crippen molar-refractivity contribution in [1.82, 2.24) is 0 Å². The number of benzene rings is 1. The van der Waals surface area contributed by atoms with Crippen molar-refractivity contribution in [1.29, 1.82) is 0 Å². The first-order valence-electron chi connectivity index (χ1n) is 5.20. The van der Waals surface area contributed by atoms with Gasteiger partial charge in [0.05, 0.1) is 23.8 Å². The molecule has 1 N–H and O–H groups in total. The molecular formula is C11H14N2O4. The average molecular weight is 238 g/mol. The van der Waals surface area contributed by atoms with Gasteiger partial charge in [0.25, 0.3) is 5.69 Å². The molecule has 92 valence electrons. The molecule has 0 radical (unpaired) electrons. The number of hydrogen-bond donors (Lipinski definition) is 1. The number of nitrogens with zero attached hydrogens (tertiary/aromatic N) is 1. The third-order valence-corrected chi connectivity index (χ3v) is 2.15. The van der Waals surface area contributed by atoms with Gasteiger partial charge in [-0.25, -0.2) is 0 Å². The number of nitro groups is 1. The predicted molar refractivity (Wildman–Crippen MR) is 63.2 cm³/mol. The van der Waals surface area contributed by atoms with Crippen LogP contribution in [0.5, 0.6) is 5.75 Å². The van der Waals surface area contributed by atoms with Crippen molar-refractivity contribution < 1.29 is 14.5 Å². The summed E-state index contributed by atoms with van der Waals surface area (Å²) in [7, 11) is 1.40. The van der Waals surface area contributed by atoms with Crippen LogP contribution in [0.25, 0.3) is 0 Å². The summed E-state index contributed by atoms with van der Waals surface area (Å²) in [5, 5.41) is 13.2. The van der Waals surface area contributed by atoms with E-state index in [0.717, 1.165) is 6.42 Å². The van der Waals surface area contributed by atoms with Crippen LogP contribution in [0.1, 0.15) is 19.8 Å². The number of amides is 1. The highest BCUT2D eigenvalue weighted by molar-refractivity contribution is 5.92.